The summed E-state index contributed by atoms with van der Waals surface area (Å²) in [7, 11) is -1.99. The Morgan fingerprint density at radius 1 is 1.17 bits per heavy atom. The summed E-state index contributed by atoms with van der Waals surface area (Å²) < 4.78 is 36.8. The Balaban J connectivity index is 2.66. The fourth-order valence-electron chi connectivity index (χ4n) is 2.23. The van der Waals surface area contributed by atoms with Crippen molar-refractivity contribution in [1.82, 2.24) is 10.2 Å². The molecule has 0 aliphatic carbocycles. The van der Waals surface area contributed by atoms with Gasteiger partial charge >= 0.3 is 0 Å². The van der Waals surface area contributed by atoms with E-state index in [0.29, 0.717) is 11.5 Å². The van der Waals surface area contributed by atoms with Crippen molar-refractivity contribution < 1.29 is 27.5 Å². The second-order valence-electron chi connectivity index (χ2n) is 6.48. The van der Waals surface area contributed by atoms with Gasteiger partial charge in [0.25, 0.3) is 5.91 Å². The third-order valence-electron chi connectivity index (χ3n) is 3.88. The second kappa shape index (κ2) is 12.3. The lowest BCUT2D eigenvalue weighted by molar-refractivity contribution is -0.137. The smallest absolute Gasteiger partial charge is 0.261 e. The Labute approximate surface area is 173 Å². The van der Waals surface area contributed by atoms with E-state index in [4.69, 9.17) is 14.3 Å². The SMILES string of the molecule is CCC#CCOc1ccc(CONC(=O)C(NS(=O)(=O)CC)C(C)C)cc1OC. The number of methoxy groups -OCH3 is 1. The molecule has 0 aliphatic rings. The van der Waals surface area contributed by atoms with Crippen LogP contribution in [0.5, 0.6) is 11.5 Å². The summed E-state index contributed by atoms with van der Waals surface area (Å²) in [5.74, 6) is 5.98. The summed E-state index contributed by atoms with van der Waals surface area (Å²) in [4.78, 5) is 17.6. The molecule has 2 N–H and O–H groups in total. The Bertz CT molecular complexity index is 827. The molecule has 0 fully saturated rings. The number of hydrogen-bond acceptors (Lipinski definition) is 6. The zero-order chi connectivity index (χ0) is 21.9. The van der Waals surface area contributed by atoms with E-state index in [1.807, 2.05) is 6.92 Å². The summed E-state index contributed by atoms with van der Waals surface area (Å²) in [6.07, 6.45) is 0.764. The number of rotatable bonds is 11. The summed E-state index contributed by atoms with van der Waals surface area (Å²) in [5, 5.41) is 0. The van der Waals surface area contributed by atoms with Gasteiger partial charge in [0.1, 0.15) is 12.6 Å². The second-order valence-corrected chi connectivity index (χ2v) is 8.52. The predicted molar refractivity (Wildman–Crippen MR) is 111 cm³/mol. The number of hydrogen-bond donors (Lipinski definition) is 2. The van der Waals surface area contributed by atoms with Crippen LogP contribution in [0.25, 0.3) is 0 Å². The molecule has 1 aromatic carbocycles. The molecule has 0 saturated carbocycles. The lowest BCUT2D eigenvalue weighted by atomic mass is 10.1. The van der Waals surface area contributed by atoms with Crippen LogP contribution in [0, 0.1) is 17.8 Å². The molecule has 0 spiro atoms. The Morgan fingerprint density at radius 3 is 2.48 bits per heavy atom. The number of amides is 1. The van der Waals surface area contributed by atoms with Crippen molar-refractivity contribution >= 4 is 15.9 Å². The molecule has 0 saturated heterocycles. The first-order valence-corrected chi connectivity index (χ1v) is 11.1. The van der Waals surface area contributed by atoms with Crippen LogP contribution in [-0.2, 0) is 26.3 Å². The van der Waals surface area contributed by atoms with Crippen molar-refractivity contribution in [2.45, 2.75) is 46.8 Å². The maximum absolute atomic E-state index is 12.3. The van der Waals surface area contributed by atoms with Crippen LogP contribution < -0.4 is 19.7 Å². The molecular weight excluding hydrogens is 396 g/mol. The number of benzene rings is 1. The quantitative estimate of drug-likeness (QED) is 0.414. The highest BCUT2D eigenvalue weighted by Gasteiger charge is 2.26. The maximum Gasteiger partial charge on any atom is 0.261 e. The van der Waals surface area contributed by atoms with E-state index in [1.165, 1.54) is 14.0 Å². The molecule has 1 amide bonds. The third-order valence-corrected chi connectivity index (χ3v) is 5.25. The Kier molecular flexibility index (Phi) is 10.5. The molecule has 1 unspecified atom stereocenters. The third kappa shape index (κ3) is 8.73. The van der Waals surface area contributed by atoms with E-state index in [0.717, 1.165) is 12.0 Å². The molecule has 0 aliphatic heterocycles. The van der Waals surface area contributed by atoms with Crippen LogP contribution in [-0.4, -0.2) is 39.8 Å². The zero-order valence-electron chi connectivity index (χ0n) is 17.6. The van der Waals surface area contributed by atoms with Gasteiger partial charge < -0.3 is 9.47 Å². The maximum atomic E-state index is 12.3. The normalized spacial score (nSPS) is 12.1. The average molecular weight is 427 g/mol. The molecular formula is C20H30N2O6S. The highest BCUT2D eigenvalue weighted by atomic mass is 32.2. The van der Waals surface area contributed by atoms with Crippen LogP contribution in [0.2, 0.25) is 0 Å². The lowest BCUT2D eigenvalue weighted by Gasteiger charge is -2.21. The van der Waals surface area contributed by atoms with E-state index in [2.05, 4.69) is 22.0 Å². The van der Waals surface area contributed by atoms with Gasteiger partial charge in [-0.3, -0.25) is 9.63 Å². The number of hydroxylamine groups is 1. The monoisotopic (exact) mass is 426 g/mol. The molecule has 0 heterocycles. The number of carbonyl (C=O) groups excluding carboxylic acids is 1. The van der Waals surface area contributed by atoms with E-state index < -0.39 is 22.0 Å². The van der Waals surface area contributed by atoms with Crippen molar-refractivity contribution in [3.63, 3.8) is 0 Å². The zero-order valence-corrected chi connectivity index (χ0v) is 18.4. The van der Waals surface area contributed by atoms with Crippen molar-refractivity contribution in [1.29, 1.82) is 0 Å². The van der Waals surface area contributed by atoms with Gasteiger partial charge in [0.2, 0.25) is 10.0 Å². The van der Waals surface area contributed by atoms with Crippen LogP contribution in [0.4, 0.5) is 0 Å². The van der Waals surface area contributed by atoms with Crippen LogP contribution in [0.1, 0.15) is 39.7 Å². The molecule has 9 heteroatoms. The highest BCUT2D eigenvalue weighted by Crippen LogP contribution is 2.28. The fraction of sp³-hybridized carbons (Fsp3) is 0.550. The summed E-state index contributed by atoms with van der Waals surface area (Å²) >= 11 is 0. The molecule has 1 atom stereocenters. The minimum absolute atomic E-state index is 0.0728. The van der Waals surface area contributed by atoms with E-state index in [1.54, 1.807) is 32.0 Å². The van der Waals surface area contributed by atoms with Crippen LogP contribution in [0.15, 0.2) is 18.2 Å². The Morgan fingerprint density at radius 2 is 1.90 bits per heavy atom. The van der Waals surface area contributed by atoms with Gasteiger partial charge in [0.15, 0.2) is 11.5 Å². The first-order chi connectivity index (χ1) is 13.7. The number of ether oxygens (including phenoxy) is 2. The van der Waals surface area contributed by atoms with Crippen molar-refractivity contribution in [2.75, 3.05) is 19.5 Å². The van der Waals surface area contributed by atoms with E-state index in [-0.39, 0.29) is 24.9 Å². The predicted octanol–water partition coefficient (Wildman–Crippen LogP) is 2.00. The minimum Gasteiger partial charge on any atom is -0.493 e. The van der Waals surface area contributed by atoms with Gasteiger partial charge in [0.05, 0.1) is 19.5 Å². The lowest BCUT2D eigenvalue weighted by Crippen LogP contribution is -2.49. The Hall–Kier alpha value is -2.28. The first-order valence-electron chi connectivity index (χ1n) is 9.41. The topological polar surface area (TPSA) is 103 Å². The summed E-state index contributed by atoms with van der Waals surface area (Å²) in [5.41, 5.74) is 3.04. The number of nitrogens with one attached hydrogen (secondary N) is 2. The first kappa shape index (κ1) is 24.8. The van der Waals surface area contributed by atoms with Crippen molar-refractivity contribution in [2.24, 2.45) is 5.92 Å². The van der Waals surface area contributed by atoms with Crippen LogP contribution >= 0.6 is 0 Å². The van der Waals surface area contributed by atoms with E-state index >= 15 is 0 Å². The molecule has 162 valence electrons. The number of carbonyl (C=O) groups is 1. The molecule has 29 heavy (non-hydrogen) atoms. The molecule has 0 aromatic heterocycles. The van der Waals surface area contributed by atoms with Gasteiger partial charge in [-0.05, 0) is 30.5 Å². The molecule has 1 rings (SSSR count). The van der Waals surface area contributed by atoms with E-state index in [9.17, 15) is 13.2 Å². The van der Waals surface area contributed by atoms with Crippen LogP contribution in [0.3, 0.4) is 0 Å². The standard InChI is InChI=1S/C20H30N2O6S/c1-6-8-9-12-27-17-11-10-16(13-18(17)26-5)14-28-21-20(23)19(15(3)4)22-29(24,25)7-2/h10-11,13,15,19,22H,6-7,12,14H2,1-5H3,(H,21,23). The molecule has 1 aromatic rings. The van der Waals surface area contributed by atoms with Crippen molar-refractivity contribution in [3.8, 4) is 23.3 Å². The van der Waals surface area contributed by atoms with Gasteiger partial charge in [-0.15, -0.1) is 5.92 Å². The van der Waals surface area contributed by atoms with Gasteiger partial charge in [-0.2, -0.15) is 0 Å². The van der Waals surface area contributed by atoms with Crippen molar-refractivity contribution in [3.05, 3.63) is 23.8 Å². The summed E-state index contributed by atoms with van der Waals surface area (Å²) in [6, 6.07) is 4.32. The molecule has 0 radical (unpaired) electrons. The molecule has 0 bridgehead atoms. The van der Waals surface area contributed by atoms with Gasteiger partial charge in [-0.25, -0.2) is 18.6 Å². The summed E-state index contributed by atoms with van der Waals surface area (Å²) in [6.45, 7) is 7.30. The minimum atomic E-state index is -3.52. The molecule has 8 nitrogen and oxygen atoms in total. The fourth-order valence-corrected chi connectivity index (χ4v) is 3.17. The average Bonchev–Trinajstić information content (AvgIpc) is 2.69. The largest absolute Gasteiger partial charge is 0.493 e. The van der Waals surface area contributed by atoms with Gasteiger partial charge in [0, 0.05) is 6.42 Å². The van der Waals surface area contributed by atoms with Gasteiger partial charge in [-0.1, -0.05) is 32.8 Å². The number of sulfonamides is 1. The highest BCUT2D eigenvalue weighted by molar-refractivity contribution is 7.89.